The van der Waals surface area contributed by atoms with Gasteiger partial charge in [0.25, 0.3) is 11.6 Å². The van der Waals surface area contributed by atoms with Crippen LogP contribution in [0.1, 0.15) is 5.56 Å². The molecule has 0 bridgehead atoms. The van der Waals surface area contributed by atoms with E-state index in [4.69, 9.17) is 14.2 Å². The fourth-order valence-corrected chi connectivity index (χ4v) is 4.34. The topological polar surface area (TPSA) is 143 Å². The van der Waals surface area contributed by atoms with Gasteiger partial charge in [0.1, 0.15) is 0 Å². The number of non-ortho nitro benzene ring substituents is 1. The maximum Gasteiger partial charge on any atom is 0.269 e. The third kappa shape index (κ3) is 6.33. The van der Waals surface area contributed by atoms with Crippen molar-refractivity contribution in [2.24, 2.45) is 5.10 Å². The number of hydrogen-bond acceptors (Lipinski definition) is 10. The number of hydrogen-bond donors (Lipinski definition) is 1. The summed E-state index contributed by atoms with van der Waals surface area (Å²) in [6.45, 7) is 0. The summed E-state index contributed by atoms with van der Waals surface area (Å²) < 4.78 is 18.2. The zero-order valence-corrected chi connectivity index (χ0v) is 22.0. The number of para-hydroxylation sites is 1. The Balaban J connectivity index is 1.55. The third-order valence-electron chi connectivity index (χ3n) is 5.41. The summed E-state index contributed by atoms with van der Waals surface area (Å²) >= 11 is 1.19. The van der Waals surface area contributed by atoms with Crippen LogP contribution in [0.5, 0.6) is 17.2 Å². The van der Waals surface area contributed by atoms with Crippen molar-refractivity contribution in [1.29, 1.82) is 0 Å². The van der Waals surface area contributed by atoms with Crippen LogP contribution in [-0.4, -0.2) is 58.9 Å². The number of ether oxygens (including phenoxy) is 3. The number of nitrogens with zero attached hydrogens (tertiary/aromatic N) is 5. The van der Waals surface area contributed by atoms with Gasteiger partial charge in [0.15, 0.2) is 22.5 Å². The van der Waals surface area contributed by atoms with Gasteiger partial charge in [-0.2, -0.15) is 5.10 Å². The molecule has 0 radical (unpaired) electrons. The quantitative estimate of drug-likeness (QED) is 0.127. The monoisotopic (exact) mass is 548 g/mol. The number of aromatic nitrogens is 3. The first-order chi connectivity index (χ1) is 18.9. The van der Waals surface area contributed by atoms with Gasteiger partial charge in [0.2, 0.25) is 5.75 Å². The van der Waals surface area contributed by atoms with Crippen LogP contribution < -0.4 is 19.6 Å². The Morgan fingerprint density at radius 1 is 1.03 bits per heavy atom. The summed E-state index contributed by atoms with van der Waals surface area (Å²) in [6, 6.07) is 18.8. The third-order valence-corrected chi connectivity index (χ3v) is 6.34. The zero-order chi connectivity index (χ0) is 27.8. The first-order valence-corrected chi connectivity index (χ1v) is 12.4. The number of nitrogens with one attached hydrogen (secondary N) is 1. The summed E-state index contributed by atoms with van der Waals surface area (Å²) in [4.78, 5) is 22.8. The van der Waals surface area contributed by atoms with Crippen molar-refractivity contribution in [2.45, 2.75) is 5.16 Å². The molecule has 0 aliphatic heterocycles. The number of methoxy groups -OCH3 is 3. The second-order valence-corrected chi connectivity index (χ2v) is 8.76. The van der Waals surface area contributed by atoms with Crippen molar-refractivity contribution >= 4 is 29.6 Å². The van der Waals surface area contributed by atoms with Gasteiger partial charge < -0.3 is 14.2 Å². The van der Waals surface area contributed by atoms with E-state index in [-0.39, 0.29) is 17.3 Å². The Hall–Kier alpha value is -4.91. The van der Waals surface area contributed by atoms with E-state index >= 15 is 0 Å². The molecule has 4 rings (SSSR count). The van der Waals surface area contributed by atoms with Gasteiger partial charge in [-0.05, 0) is 42.0 Å². The van der Waals surface area contributed by atoms with Crippen LogP contribution in [0.2, 0.25) is 0 Å². The first-order valence-electron chi connectivity index (χ1n) is 11.5. The number of nitro benzene ring substituents is 1. The summed E-state index contributed by atoms with van der Waals surface area (Å²) in [5.74, 6) is 1.55. The lowest BCUT2D eigenvalue weighted by Gasteiger charge is -2.15. The highest BCUT2D eigenvalue weighted by atomic mass is 32.2. The molecule has 1 aromatic heterocycles. The number of hydrazone groups is 1. The molecule has 0 spiro atoms. The van der Waals surface area contributed by atoms with Crippen LogP contribution in [0.4, 0.5) is 5.69 Å². The van der Waals surface area contributed by atoms with Crippen molar-refractivity contribution in [3.05, 3.63) is 82.4 Å². The largest absolute Gasteiger partial charge is 0.493 e. The standard InChI is InChI=1S/C26H24N6O6S/c1-36-21-13-18(14-22(37-2)24(21)38-3)25-29-30-26(31(25)19-7-5-4-6-8-19)39-16-23(33)28-27-15-17-9-11-20(12-10-17)32(34)35/h4-15H,16H2,1-3H3,(H,28,33)/b27-15+. The molecule has 3 aromatic carbocycles. The highest BCUT2D eigenvalue weighted by molar-refractivity contribution is 7.99. The lowest BCUT2D eigenvalue weighted by atomic mass is 10.1. The molecule has 4 aromatic rings. The van der Waals surface area contributed by atoms with Gasteiger partial charge in [-0.3, -0.25) is 19.5 Å². The highest BCUT2D eigenvalue weighted by Gasteiger charge is 2.21. The molecule has 1 amide bonds. The van der Waals surface area contributed by atoms with Gasteiger partial charge in [-0.1, -0.05) is 30.0 Å². The van der Waals surface area contributed by atoms with Crippen molar-refractivity contribution in [2.75, 3.05) is 27.1 Å². The molecule has 1 heterocycles. The SMILES string of the molecule is COc1cc(-c2nnc(SCC(=O)N/N=C/c3ccc([N+](=O)[O-])cc3)n2-c2ccccc2)cc(OC)c1OC. The molecule has 39 heavy (non-hydrogen) atoms. The molecule has 0 atom stereocenters. The van der Waals surface area contributed by atoms with E-state index in [1.165, 1.54) is 63.6 Å². The molecule has 0 fully saturated rings. The Bertz CT molecular complexity index is 1470. The van der Waals surface area contributed by atoms with Gasteiger partial charge in [0, 0.05) is 23.4 Å². The van der Waals surface area contributed by atoms with E-state index < -0.39 is 4.92 Å². The molecular formula is C26H24N6O6S. The minimum Gasteiger partial charge on any atom is -0.493 e. The van der Waals surface area contributed by atoms with Gasteiger partial charge in [0.05, 0.1) is 38.2 Å². The number of benzene rings is 3. The van der Waals surface area contributed by atoms with Crippen molar-refractivity contribution in [3.8, 4) is 34.3 Å². The minimum absolute atomic E-state index is 0.0117. The number of carbonyl (C=O) groups excluding carboxylic acids is 1. The Morgan fingerprint density at radius 3 is 2.28 bits per heavy atom. The smallest absolute Gasteiger partial charge is 0.269 e. The second kappa shape index (κ2) is 12.6. The van der Waals surface area contributed by atoms with E-state index in [0.717, 1.165) is 5.69 Å². The molecule has 0 aliphatic rings. The Kier molecular flexibility index (Phi) is 8.74. The van der Waals surface area contributed by atoms with Crippen molar-refractivity contribution in [3.63, 3.8) is 0 Å². The van der Waals surface area contributed by atoms with Crippen LogP contribution in [0.3, 0.4) is 0 Å². The summed E-state index contributed by atoms with van der Waals surface area (Å²) in [5.41, 5.74) is 4.50. The summed E-state index contributed by atoms with van der Waals surface area (Å²) in [7, 11) is 4.60. The van der Waals surface area contributed by atoms with Crippen LogP contribution >= 0.6 is 11.8 Å². The first kappa shape index (κ1) is 27.1. The van der Waals surface area contributed by atoms with Crippen LogP contribution in [0, 0.1) is 10.1 Å². The molecule has 0 unspecified atom stereocenters. The fraction of sp³-hybridized carbons (Fsp3) is 0.154. The Labute approximate surface area is 227 Å². The molecule has 0 saturated carbocycles. The van der Waals surface area contributed by atoms with E-state index in [2.05, 4.69) is 20.7 Å². The van der Waals surface area contributed by atoms with Gasteiger partial charge in [-0.15, -0.1) is 10.2 Å². The maximum absolute atomic E-state index is 12.5. The lowest BCUT2D eigenvalue weighted by Crippen LogP contribution is -2.20. The summed E-state index contributed by atoms with van der Waals surface area (Å²) in [5, 5.41) is 23.9. The van der Waals surface area contributed by atoms with Gasteiger partial charge >= 0.3 is 0 Å². The zero-order valence-electron chi connectivity index (χ0n) is 21.2. The normalized spacial score (nSPS) is 10.8. The highest BCUT2D eigenvalue weighted by Crippen LogP contribution is 2.41. The predicted octanol–water partition coefficient (Wildman–Crippen LogP) is 4.11. The number of rotatable bonds is 11. The molecule has 200 valence electrons. The number of nitro groups is 1. The molecule has 0 aliphatic carbocycles. The van der Waals surface area contributed by atoms with Crippen LogP contribution in [0.15, 0.2) is 77.0 Å². The molecule has 1 N–H and O–H groups in total. The average molecular weight is 549 g/mol. The van der Waals surface area contributed by atoms with Crippen LogP contribution in [0.25, 0.3) is 17.1 Å². The number of amides is 1. The van der Waals surface area contributed by atoms with E-state index in [9.17, 15) is 14.9 Å². The molecule has 0 saturated heterocycles. The number of thioether (sulfide) groups is 1. The molecule has 12 nitrogen and oxygen atoms in total. The van der Waals surface area contributed by atoms with E-state index in [0.29, 0.717) is 39.4 Å². The van der Waals surface area contributed by atoms with E-state index in [1.807, 2.05) is 34.9 Å². The number of carbonyl (C=O) groups is 1. The maximum atomic E-state index is 12.5. The molecule has 13 heteroatoms. The summed E-state index contributed by atoms with van der Waals surface area (Å²) in [6.07, 6.45) is 1.40. The second-order valence-electron chi connectivity index (χ2n) is 7.82. The molecular weight excluding hydrogens is 524 g/mol. The lowest BCUT2D eigenvalue weighted by molar-refractivity contribution is -0.384. The Morgan fingerprint density at radius 2 is 1.69 bits per heavy atom. The van der Waals surface area contributed by atoms with Crippen LogP contribution in [-0.2, 0) is 4.79 Å². The van der Waals surface area contributed by atoms with Crippen molar-refractivity contribution < 1.29 is 23.9 Å². The van der Waals surface area contributed by atoms with E-state index in [1.54, 1.807) is 12.1 Å². The average Bonchev–Trinajstić information content (AvgIpc) is 3.40. The fourth-order valence-electron chi connectivity index (χ4n) is 3.59. The van der Waals surface area contributed by atoms with Gasteiger partial charge in [-0.25, -0.2) is 5.43 Å². The predicted molar refractivity (Wildman–Crippen MR) is 146 cm³/mol. The van der Waals surface area contributed by atoms with Crippen molar-refractivity contribution in [1.82, 2.24) is 20.2 Å². The minimum atomic E-state index is -0.485.